The van der Waals surface area contributed by atoms with E-state index in [1.165, 1.54) is 36.8 Å². The Morgan fingerprint density at radius 3 is 2.71 bits per heavy atom. The molecule has 2 aromatic carbocycles. The number of nitrogens with zero attached hydrogens (tertiary/aromatic N) is 2. The van der Waals surface area contributed by atoms with Crippen molar-refractivity contribution in [2.24, 2.45) is 5.10 Å². The predicted molar refractivity (Wildman–Crippen MR) is 95.1 cm³/mol. The summed E-state index contributed by atoms with van der Waals surface area (Å²) in [5, 5.41) is 26.0. The number of nitrogens with one attached hydrogen (secondary N) is 1. The molecule has 0 spiro atoms. The number of phenols is 2. The summed E-state index contributed by atoms with van der Waals surface area (Å²) in [6.07, 6.45) is 1.43. The fourth-order valence-electron chi connectivity index (χ4n) is 2.06. The predicted octanol–water partition coefficient (Wildman–Crippen LogP) is 3.68. The molecule has 3 aromatic rings. The monoisotopic (exact) mass is 341 g/mol. The van der Waals surface area contributed by atoms with Crippen LogP contribution in [-0.4, -0.2) is 28.5 Å². The van der Waals surface area contributed by atoms with Crippen molar-refractivity contribution in [1.82, 2.24) is 4.98 Å². The summed E-state index contributed by atoms with van der Waals surface area (Å²) in [5.41, 5.74) is 5.14. The van der Waals surface area contributed by atoms with Crippen molar-refractivity contribution in [2.45, 2.75) is 0 Å². The molecule has 1 aromatic heterocycles. The Morgan fingerprint density at radius 1 is 1.17 bits per heavy atom. The first-order valence-electron chi connectivity index (χ1n) is 7.07. The highest BCUT2D eigenvalue weighted by Crippen LogP contribution is 2.32. The van der Waals surface area contributed by atoms with E-state index in [4.69, 9.17) is 4.74 Å². The Morgan fingerprint density at radius 2 is 1.96 bits per heavy atom. The largest absolute Gasteiger partial charge is 0.507 e. The summed E-state index contributed by atoms with van der Waals surface area (Å²) in [5.74, 6) is 0.0327. The van der Waals surface area contributed by atoms with E-state index in [-0.39, 0.29) is 17.2 Å². The average Bonchev–Trinajstić information content (AvgIpc) is 3.06. The summed E-state index contributed by atoms with van der Waals surface area (Å²) in [6, 6.07) is 12.6. The molecule has 0 saturated heterocycles. The Balaban J connectivity index is 1.72. The Bertz CT molecular complexity index is 863. The number of methoxy groups -OCH3 is 1. The topological polar surface area (TPSA) is 87.0 Å². The van der Waals surface area contributed by atoms with Crippen LogP contribution >= 0.6 is 11.3 Å². The lowest BCUT2D eigenvalue weighted by Crippen LogP contribution is -1.92. The first kappa shape index (κ1) is 15.8. The highest BCUT2D eigenvalue weighted by atomic mass is 32.1. The minimum absolute atomic E-state index is 0.0945. The molecule has 24 heavy (non-hydrogen) atoms. The van der Waals surface area contributed by atoms with Crippen LogP contribution < -0.4 is 10.2 Å². The second-order valence-corrected chi connectivity index (χ2v) is 5.71. The second-order valence-electron chi connectivity index (χ2n) is 4.86. The molecule has 0 bridgehead atoms. The number of hydrazone groups is 1. The van der Waals surface area contributed by atoms with Crippen molar-refractivity contribution in [2.75, 3.05) is 12.5 Å². The van der Waals surface area contributed by atoms with Crippen LogP contribution in [0.4, 0.5) is 5.13 Å². The number of anilines is 1. The van der Waals surface area contributed by atoms with Gasteiger partial charge in [0.15, 0.2) is 11.5 Å². The minimum Gasteiger partial charge on any atom is -0.507 e. The molecule has 0 aliphatic heterocycles. The average molecular weight is 341 g/mol. The molecule has 1 heterocycles. The molecular formula is C17H15N3O3S. The Labute approximate surface area is 142 Å². The summed E-state index contributed by atoms with van der Waals surface area (Å²) >= 11 is 1.43. The maximum absolute atomic E-state index is 9.81. The van der Waals surface area contributed by atoms with Crippen LogP contribution in [0.15, 0.2) is 52.9 Å². The molecule has 0 atom stereocenters. The molecular weight excluding hydrogens is 326 g/mol. The molecule has 0 fully saturated rings. The van der Waals surface area contributed by atoms with E-state index in [2.05, 4.69) is 15.5 Å². The molecule has 7 heteroatoms. The van der Waals surface area contributed by atoms with E-state index < -0.39 is 0 Å². The Kier molecular flexibility index (Phi) is 4.62. The Hall–Kier alpha value is -3.06. The second kappa shape index (κ2) is 7.01. The van der Waals surface area contributed by atoms with E-state index in [0.29, 0.717) is 10.7 Å². The lowest BCUT2D eigenvalue weighted by Gasteiger charge is -2.05. The number of phenolic OH excluding ortho intramolecular Hbond substituents is 2. The van der Waals surface area contributed by atoms with Gasteiger partial charge in [-0.3, -0.25) is 5.43 Å². The molecule has 6 nitrogen and oxygen atoms in total. The van der Waals surface area contributed by atoms with Crippen LogP contribution in [0.2, 0.25) is 0 Å². The maximum atomic E-state index is 9.81. The first-order valence-corrected chi connectivity index (χ1v) is 7.95. The van der Waals surface area contributed by atoms with Crippen molar-refractivity contribution < 1.29 is 14.9 Å². The van der Waals surface area contributed by atoms with Gasteiger partial charge in [-0.2, -0.15) is 5.10 Å². The van der Waals surface area contributed by atoms with Crippen LogP contribution in [0.25, 0.3) is 11.3 Å². The van der Waals surface area contributed by atoms with Gasteiger partial charge >= 0.3 is 0 Å². The molecule has 0 radical (unpaired) electrons. The number of hydrogen-bond acceptors (Lipinski definition) is 7. The van der Waals surface area contributed by atoms with Gasteiger partial charge in [0.2, 0.25) is 5.13 Å². The zero-order valence-electron chi connectivity index (χ0n) is 12.8. The van der Waals surface area contributed by atoms with E-state index in [1.54, 1.807) is 0 Å². The lowest BCUT2D eigenvalue weighted by atomic mass is 10.2. The number of thiazole rings is 1. The van der Waals surface area contributed by atoms with Gasteiger partial charge in [0.05, 0.1) is 19.0 Å². The third-order valence-corrected chi connectivity index (χ3v) is 4.01. The number of rotatable bonds is 5. The van der Waals surface area contributed by atoms with Gasteiger partial charge in [-0.1, -0.05) is 30.3 Å². The zero-order valence-corrected chi connectivity index (χ0v) is 13.6. The summed E-state index contributed by atoms with van der Waals surface area (Å²) in [6.45, 7) is 0. The molecule has 0 aliphatic rings. The summed E-state index contributed by atoms with van der Waals surface area (Å²) < 4.78 is 5.00. The van der Waals surface area contributed by atoms with Crippen molar-refractivity contribution in [1.29, 1.82) is 0 Å². The number of hydrogen-bond donors (Lipinski definition) is 3. The summed E-state index contributed by atoms with van der Waals surface area (Å²) in [4.78, 5) is 4.45. The molecule has 3 rings (SSSR count). The van der Waals surface area contributed by atoms with Crippen molar-refractivity contribution in [3.8, 4) is 28.5 Å². The van der Waals surface area contributed by atoms with Gasteiger partial charge in [-0.15, -0.1) is 11.3 Å². The third kappa shape index (κ3) is 3.47. The molecule has 0 amide bonds. The quantitative estimate of drug-likeness (QED) is 0.487. The van der Waals surface area contributed by atoms with E-state index >= 15 is 0 Å². The number of aromatic hydroxyl groups is 2. The maximum Gasteiger partial charge on any atom is 0.203 e. The fourth-order valence-corrected chi connectivity index (χ4v) is 2.73. The van der Waals surface area contributed by atoms with Crippen LogP contribution in [0.3, 0.4) is 0 Å². The molecule has 0 unspecified atom stereocenters. The van der Waals surface area contributed by atoms with Gasteiger partial charge in [0.1, 0.15) is 5.75 Å². The highest BCUT2D eigenvalue weighted by Gasteiger charge is 2.07. The van der Waals surface area contributed by atoms with Gasteiger partial charge in [-0.25, -0.2) is 4.98 Å². The minimum atomic E-state index is -0.132. The molecule has 0 saturated carbocycles. The van der Waals surface area contributed by atoms with Crippen LogP contribution in [0.1, 0.15) is 5.56 Å². The van der Waals surface area contributed by atoms with Crippen molar-refractivity contribution in [3.05, 3.63) is 53.4 Å². The smallest absolute Gasteiger partial charge is 0.203 e. The van der Waals surface area contributed by atoms with Gasteiger partial charge < -0.3 is 14.9 Å². The van der Waals surface area contributed by atoms with Gasteiger partial charge in [0, 0.05) is 22.6 Å². The third-order valence-electron chi connectivity index (χ3n) is 3.27. The van der Waals surface area contributed by atoms with Crippen LogP contribution in [-0.2, 0) is 0 Å². The molecule has 122 valence electrons. The first-order chi connectivity index (χ1) is 11.7. The van der Waals surface area contributed by atoms with Crippen molar-refractivity contribution >= 4 is 22.7 Å². The zero-order chi connectivity index (χ0) is 16.9. The van der Waals surface area contributed by atoms with Gasteiger partial charge in [0.25, 0.3) is 0 Å². The number of aromatic nitrogens is 1. The van der Waals surface area contributed by atoms with Crippen LogP contribution in [0.5, 0.6) is 17.2 Å². The highest BCUT2D eigenvalue weighted by molar-refractivity contribution is 7.14. The van der Waals surface area contributed by atoms with E-state index in [1.807, 2.05) is 35.7 Å². The standard InChI is InChI=1S/C17H15N3O3S/c1-23-16-7-12(14(21)8-15(16)22)9-18-20-17-19-13(10-24-17)11-5-3-2-4-6-11/h2-10,21-22H,1H3,(H,19,20). The normalized spacial score (nSPS) is 10.9. The van der Waals surface area contributed by atoms with Gasteiger partial charge in [-0.05, 0) is 6.07 Å². The number of benzene rings is 2. The molecule has 3 N–H and O–H groups in total. The van der Waals surface area contributed by atoms with Crippen molar-refractivity contribution in [3.63, 3.8) is 0 Å². The summed E-state index contributed by atoms with van der Waals surface area (Å²) in [7, 11) is 1.44. The van der Waals surface area contributed by atoms with E-state index in [0.717, 1.165) is 11.3 Å². The number of ether oxygens (including phenoxy) is 1. The fraction of sp³-hybridized carbons (Fsp3) is 0.0588. The SMILES string of the molecule is COc1cc(C=NNc2nc(-c3ccccc3)cs2)c(O)cc1O. The van der Waals surface area contributed by atoms with Crippen LogP contribution in [0, 0.1) is 0 Å². The van der Waals surface area contributed by atoms with E-state index in [9.17, 15) is 10.2 Å². The molecule has 0 aliphatic carbocycles. The lowest BCUT2D eigenvalue weighted by molar-refractivity contribution is 0.369.